The Morgan fingerprint density at radius 1 is 1.00 bits per heavy atom. The van der Waals surface area contributed by atoms with Gasteiger partial charge in [0.1, 0.15) is 0 Å². The SMILES string of the molecule is CCC1CCC(C(=O)C(CC)(CC)N2CCCC2)CC1. The van der Waals surface area contributed by atoms with Crippen LogP contribution in [0.4, 0.5) is 0 Å². The van der Waals surface area contributed by atoms with E-state index < -0.39 is 0 Å². The van der Waals surface area contributed by atoms with Gasteiger partial charge >= 0.3 is 0 Å². The van der Waals surface area contributed by atoms with Crippen molar-refractivity contribution in [1.82, 2.24) is 4.90 Å². The summed E-state index contributed by atoms with van der Waals surface area (Å²) in [6, 6.07) is 0. The molecule has 0 unspecified atom stereocenters. The van der Waals surface area contributed by atoms with E-state index >= 15 is 0 Å². The Hall–Kier alpha value is -0.370. The number of rotatable bonds is 6. The van der Waals surface area contributed by atoms with Crippen molar-refractivity contribution in [3.05, 3.63) is 0 Å². The zero-order valence-electron chi connectivity index (χ0n) is 13.8. The molecule has 20 heavy (non-hydrogen) atoms. The summed E-state index contributed by atoms with van der Waals surface area (Å²) in [5.74, 6) is 1.81. The number of nitrogens with zero attached hydrogens (tertiary/aromatic N) is 1. The topological polar surface area (TPSA) is 20.3 Å². The molecule has 0 aromatic heterocycles. The van der Waals surface area contributed by atoms with Crippen LogP contribution in [0.25, 0.3) is 0 Å². The zero-order chi connectivity index (χ0) is 14.6. The minimum Gasteiger partial charge on any atom is -0.297 e. The third-order valence-corrected chi connectivity index (χ3v) is 6.13. The Bertz CT molecular complexity index is 307. The molecule has 1 aliphatic carbocycles. The molecule has 0 spiro atoms. The average molecular weight is 279 g/mol. The van der Waals surface area contributed by atoms with Crippen LogP contribution in [-0.2, 0) is 4.79 Å². The van der Waals surface area contributed by atoms with Crippen molar-refractivity contribution >= 4 is 5.78 Å². The van der Waals surface area contributed by atoms with Gasteiger partial charge in [-0.25, -0.2) is 0 Å². The van der Waals surface area contributed by atoms with Crippen molar-refractivity contribution in [3.63, 3.8) is 0 Å². The summed E-state index contributed by atoms with van der Waals surface area (Å²) in [6.07, 6.45) is 10.7. The highest BCUT2D eigenvalue weighted by molar-refractivity contribution is 5.90. The molecular formula is C18H33NO. The number of carbonyl (C=O) groups is 1. The summed E-state index contributed by atoms with van der Waals surface area (Å²) in [4.78, 5) is 15.7. The quantitative estimate of drug-likeness (QED) is 0.717. The molecule has 0 bridgehead atoms. The van der Waals surface area contributed by atoms with Crippen LogP contribution < -0.4 is 0 Å². The number of carbonyl (C=O) groups excluding carboxylic acids is 1. The maximum absolute atomic E-state index is 13.2. The number of Topliss-reactive ketones (excluding diaryl/α,β-unsaturated/α-hetero) is 1. The predicted molar refractivity (Wildman–Crippen MR) is 84.9 cm³/mol. The minimum atomic E-state index is -0.139. The largest absolute Gasteiger partial charge is 0.297 e. The predicted octanol–water partition coefficient (Wildman–Crippen LogP) is 4.43. The van der Waals surface area contributed by atoms with Crippen LogP contribution in [0.3, 0.4) is 0 Å². The van der Waals surface area contributed by atoms with Crippen molar-refractivity contribution < 1.29 is 4.79 Å². The van der Waals surface area contributed by atoms with E-state index in [2.05, 4.69) is 25.7 Å². The average Bonchev–Trinajstić information content (AvgIpc) is 3.04. The van der Waals surface area contributed by atoms with E-state index in [0.717, 1.165) is 44.7 Å². The van der Waals surface area contributed by atoms with E-state index in [1.807, 2.05) is 0 Å². The van der Waals surface area contributed by atoms with E-state index in [1.54, 1.807) is 0 Å². The molecular weight excluding hydrogens is 246 g/mol. The summed E-state index contributed by atoms with van der Waals surface area (Å²) >= 11 is 0. The number of likely N-dealkylation sites (tertiary alicyclic amines) is 1. The zero-order valence-corrected chi connectivity index (χ0v) is 13.8. The van der Waals surface area contributed by atoms with Crippen LogP contribution in [0.15, 0.2) is 0 Å². The van der Waals surface area contributed by atoms with E-state index in [4.69, 9.17) is 0 Å². The number of hydrogen-bond acceptors (Lipinski definition) is 2. The first kappa shape index (κ1) is 16.0. The van der Waals surface area contributed by atoms with Crippen LogP contribution in [0, 0.1) is 11.8 Å². The van der Waals surface area contributed by atoms with Gasteiger partial charge in [0.25, 0.3) is 0 Å². The highest BCUT2D eigenvalue weighted by Crippen LogP contribution is 2.38. The van der Waals surface area contributed by atoms with Gasteiger partial charge in [-0.05, 0) is 70.4 Å². The van der Waals surface area contributed by atoms with Gasteiger partial charge in [-0.3, -0.25) is 9.69 Å². The first-order valence-corrected chi connectivity index (χ1v) is 8.97. The van der Waals surface area contributed by atoms with Crippen LogP contribution in [-0.4, -0.2) is 29.3 Å². The van der Waals surface area contributed by atoms with Gasteiger partial charge in [0.2, 0.25) is 0 Å². The minimum absolute atomic E-state index is 0.139. The third kappa shape index (κ3) is 2.95. The summed E-state index contributed by atoms with van der Waals surface area (Å²) in [5, 5.41) is 0. The molecule has 1 saturated carbocycles. The fourth-order valence-corrected chi connectivity index (χ4v) is 4.56. The summed E-state index contributed by atoms with van der Waals surface area (Å²) in [5.41, 5.74) is -0.139. The summed E-state index contributed by atoms with van der Waals surface area (Å²) in [7, 11) is 0. The molecule has 2 nitrogen and oxygen atoms in total. The molecule has 0 atom stereocenters. The molecule has 1 heterocycles. The lowest BCUT2D eigenvalue weighted by Crippen LogP contribution is -2.55. The van der Waals surface area contributed by atoms with E-state index in [-0.39, 0.29) is 5.54 Å². The third-order valence-electron chi connectivity index (χ3n) is 6.13. The second kappa shape index (κ2) is 7.06. The Labute approximate surface area is 125 Å². The van der Waals surface area contributed by atoms with Gasteiger partial charge in [-0.2, -0.15) is 0 Å². The normalized spacial score (nSPS) is 28.8. The molecule has 0 amide bonds. The van der Waals surface area contributed by atoms with Crippen molar-refractivity contribution in [2.24, 2.45) is 11.8 Å². The molecule has 2 fully saturated rings. The van der Waals surface area contributed by atoms with E-state index in [0.29, 0.717) is 11.7 Å². The molecule has 0 aromatic carbocycles. The van der Waals surface area contributed by atoms with Gasteiger partial charge in [-0.15, -0.1) is 0 Å². The van der Waals surface area contributed by atoms with Crippen molar-refractivity contribution in [2.75, 3.05) is 13.1 Å². The number of ketones is 1. The van der Waals surface area contributed by atoms with Crippen molar-refractivity contribution in [1.29, 1.82) is 0 Å². The van der Waals surface area contributed by atoms with Gasteiger partial charge in [-0.1, -0.05) is 27.2 Å². The first-order chi connectivity index (χ1) is 9.67. The Morgan fingerprint density at radius 3 is 2.00 bits per heavy atom. The van der Waals surface area contributed by atoms with Crippen molar-refractivity contribution in [2.45, 2.75) is 84.1 Å². The summed E-state index contributed by atoms with van der Waals surface area (Å²) in [6.45, 7) is 9.00. The standard InChI is InChI=1S/C18H33NO/c1-4-15-9-11-16(12-10-15)17(20)18(5-2,6-3)19-13-7-8-14-19/h15-16H,4-14H2,1-3H3. The van der Waals surface area contributed by atoms with E-state index in [9.17, 15) is 4.79 Å². The van der Waals surface area contributed by atoms with Crippen LogP contribution in [0.2, 0.25) is 0 Å². The molecule has 0 radical (unpaired) electrons. The molecule has 116 valence electrons. The lowest BCUT2D eigenvalue weighted by atomic mass is 9.72. The maximum Gasteiger partial charge on any atom is 0.156 e. The molecule has 2 rings (SSSR count). The molecule has 2 aliphatic rings. The fraction of sp³-hybridized carbons (Fsp3) is 0.944. The Morgan fingerprint density at radius 2 is 1.55 bits per heavy atom. The molecule has 2 heteroatoms. The smallest absolute Gasteiger partial charge is 0.156 e. The van der Waals surface area contributed by atoms with Crippen LogP contribution in [0.1, 0.15) is 78.6 Å². The monoisotopic (exact) mass is 279 g/mol. The Kier molecular flexibility index (Phi) is 5.65. The Balaban J connectivity index is 2.07. The van der Waals surface area contributed by atoms with E-state index in [1.165, 1.54) is 32.1 Å². The van der Waals surface area contributed by atoms with Crippen molar-refractivity contribution in [3.8, 4) is 0 Å². The number of hydrogen-bond donors (Lipinski definition) is 0. The highest BCUT2D eigenvalue weighted by atomic mass is 16.1. The lowest BCUT2D eigenvalue weighted by molar-refractivity contribution is -0.137. The van der Waals surface area contributed by atoms with Crippen LogP contribution >= 0.6 is 0 Å². The lowest BCUT2D eigenvalue weighted by Gasteiger charge is -2.43. The van der Waals surface area contributed by atoms with Crippen LogP contribution in [0.5, 0.6) is 0 Å². The molecule has 1 aliphatic heterocycles. The fourth-order valence-electron chi connectivity index (χ4n) is 4.56. The highest BCUT2D eigenvalue weighted by Gasteiger charge is 2.44. The molecule has 0 N–H and O–H groups in total. The second-order valence-electron chi connectivity index (χ2n) is 6.92. The van der Waals surface area contributed by atoms with Gasteiger partial charge in [0, 0.05) is 5.92 Å². The van der Waals surface area contributed by atoms with Gasteiger partial charge in [0.15, 0.2) is 5.78 Å². The summed E-state index contributed by atoms with van der Waals surface area (Å²) < 4.78 is 0. The van der Waals surface area contributed by atoms with Gasteiger partial charge < -0.3 is 0 Å². The first-order valence-electron chi connectivity index (χ1n) is 8.97. The molecule has 0 aromatic rings. The van der Waals surface area contributed by atoms with Gasteiger partial charge in [0.05, 0.1) is 5.54 Å². The maximum atomic E-state index is 13.2. The second-order valence-corrected chi connectivity index (χ2v) is 6.92. The molecule has 1 saturated heterocycles.